The Labute approximate surface area is 188 Å². The Balaban J connectivity index is 1.59. The zero-order chi connectivity index (χ0) is 22.3. The van der Waals surface area contributed by atoms with E-state index in [0.717, 1.165) is 41.6 Å². The second kappa shape index (κ2) is 10.0. The minimum atomic E-state index is 0.659. The summed E-state index contributed by atoms with van der Waals surface area (Å²) in [6.45, 7) is 11.1. The SMILES string of the molecule is C=C(/C=C(/N1CCOCC1)n1nc(-c2cnccn2)cc1C)N/N=C/c1cccc(C)c1. The third-order valence-electron chi connectivity index (χ3n) is 5.03. The number of aryl methyl sites for hydroxylation is 2. The minimum Gasteiger partial charge on any atom is -0.378 e. The molecule has 1 fully saturated rings. The lowest BCUT2D eigenvalue weighted by Crippen LogP contribution is -2.37. The van der Waals surface area contributed by atoms with E-state index in [4.69, 9.17) is 9.84 Å². The first kappa shape index (κ1) is 21.5. The first-order chi connectivity index (χ1) is 15.6. The first-order valence-corrected chi connectivity index (χ1v) is 10.5. The number of allylic oxidation sites excluding steroid dienone is 1. The van der Waals surface area contributed by atoms with Crippen LogP contribution in [0.2, 0.25) is 0 Å². The van der Waals surface area contributed by atoms with Gasteiger partial charge in [-0.25, -0.2) is 4.68 Å². The summed E-state index contributed by atoms with van der Waals surface area (Å²) in [5.41, 5.74) is 8.39. The Morgan fingerprint density at radius 1 is 1.16 bits per heavy atom. The van der Waals surface area contributed by atoms with E-state index >= 15 is 0 Å². The van der Waals surface area contributed by atoms with Crippen LogP contribution in [-0.4, -0.2) is 57.2 Å². The summed E-state index contributed by atoms with van der Waals surface area (Å²) in [5.74, 6) is 0.907. The van der Waals surface area contributed by atoms with Crippen molar-refractivity contribution in [1.82, 2.24) is 30.1 Å². The maximum atomic E-state index is 5.54. The van der Waals surface area contributed by atoms with Gasteiger partial charge >= 0.3 is 0 Å². The molecule has 0 spiro atoms. The fourth-order valence-electron chi connectivity index (χ4n) is 3.47. The molecule has 1 N–H and O–H groups in total. The molecule has 8 heteroatoms. The van der Waals surface area contributed by atoms with Gasteiger partial charge in [-0.2, -0.15) is 10.2 Å². The van der Waals surface area contributed by atoms with Crippen molar-refractivity contribution < 1.29 is 4.74 Å². The molecule has 3 aromatic rings. The van der Waals surface area contributed by atoms with E-state index in [1.807, 2.05) is 35.9 Å². The summed E-state index contributed by atoms with van der Waals surface area (Å²) in [5, 5.41) is 9.14. The van der Waals surface area contributed by atoms with E-state index in [-0.39, 0.29) is 0 Å². The van der Waals surface area contributed by atoms with Crippen LogP contribution in [0.25, 0.3) is 17.2 Å². The molecule has 164 valence electrons. The highest BCUT2D eigenvalue weighted by Gasteiger charge is 2.19. The molecule has 0 aliphatic carbocycles. The van der Waals surface area contributed by atoms with Crippen LogP contribution in [0.1, 0.15) is 16.8 Å². The molecule has 0 amide bonds. The van der Waals surface area contributed by atoms with Crippen molar-refractivity contribution in [3.63, 3.8) is 0 Å². The highest BCUT2D eigenvalue weighted by atomic mass is 16.5. The smallest absolute Gasteiger partial charge is 0.132 e. The van der Waals surface area contributed by atoms with E-state index in [1.165, 1.54) is 5.56 Å². The van der Waals surface area contributed by atoms with Gasteiger partial charge in [-0.05, 0) is 25.5 Å². The summed E-state index contributed by atoms with van der Waals surface area (Å²) in [6.07, 6.45) is 8.77. The van der Waals surface area contributed by atoms with Gasteiger partial charge in [0.2, 0.25) is 0 Å². The van der Waals surface area contributed by atoms with Crippen molar-refractivity contribution >= 4 is 12.0 Å². The second-order valence-corrected chi connectivity index (χ2v) is 7.58. The molecule has 3 heterocycles. The molecule has 0 saturated carbocycles. The van der Waals surface area contributed by atoms with Gasteiger partial charge in [0.1, 0.15) is 17.2 Å². The summed E-state index contributed by atoms with van der Waals surface area (Å²) in [4.78, 5) is 10.8. The molecule has 0 bridgehead atoms. The molecule has 0 atom stereocenters. The predicted molar refractivity (Wildman–Crippen MR) is 126 cm³/mol. The average Bonchev–Trinajstić information content (AvgIpc) is 3.20. The van der Waals surface area contributed by atoms with Gasteiger partial charge in [-0.3, -0.25) is 15.4 Å². The highest BCUT2D eigenvalue weighted by molar-refractivity contribution is 5.79. The highest BCUT2D eigenvalue weighted by Crippen LogP contribution is 2.22. The van der Waals surface area contributed by atoms with Crippen LogP contribution >= 0.6 is 0 Å². The molecule has 32 heavy (non-hydrogen) atoms. The summed E-state index contributed by atoms with van der Waals surface area (Å²) < 4.78 is 7.45. The number of ether oxygens (including phenoxy) is 1. The van der Waals surface area contributed by atoms with Crippen LogP contribution in [0.3, 0.4) is 0 Å². The Bertz CT molecular complexity index is 1130. The minimum absolute atomic E-state index is 0.659. The number of rotatable bonds is 7. The van der Waals surface area contributed by atoms with Crippen molar-refractivity contribution in [2.45, 2.75) is 13.8 Å². The van der Waals surface area contributed by atoms with Crippen LogP contribution in [0, 0.1) is 13.8 Å². The molecular formula is C24H27N7O. The first-order valence-electron chi connectivity index (χ1n) is 10.5. The number of nitrogens with zero attached hydrogens (tertiary/aromatic N) is 6. The van der Waals surface area contributed by atoms with Crippen molar-refractivity contribution in [1.29, 1.82) is 0 Å². The third-order valence-corrected chi connectivity index (χ3v) is 5.03. The number of morpholine rings is 1. The number of hydrogen-bond donors (Lipinski definition) is 1. The van der Waals surface area contributed by atoms with E-state index in [0.29, 0.717) is 18.9 Å². The van der Waals surface area contributed by atoms with Crippen LogP contribution in [0.4, 0.5) is 0 Å². The fourth-order valence-corrected chi connectivity index (χ4v) is 3.47. The summed E-state index contributed by atoms with van der Waals surface area (Å²) in [7, 11) is 0. The second-order valence-electron chi connectivity index (χ2n) is 7.58. The van der Waals surface area contributed by atoms with Crippen LogP contribution in [-0.2, 0) is 4.74 Å². The molecule has 1 aliphatic rings. The van der Waals surface area contributed by atoms with E-state index in [1.54, 1.807) is 24.8 Å². The standard InChI is InChI=1S/C24H27N7O/c1-18-5-4-6-21(13-18)16-27-28-19(2)14-24(30-9-11-32-12-10-30)31-20(3)15-22(29-31)23-17-25-7-8-26-23/h4-8,13-17,28H,2,9-12H2,1,3H3/b24-14-,27-16+. The molecule has 2 aromatic heterocycles. The predicted octanol–water partition coefficient (Wildman–Crippen LogP) is 3.22. The average molecular weight is 430 g/mol. The Kier molecular flexibility index (Phi) is 6.72. The molecule has 1 aliphatic heterocycles. The number of aromatic nitrogens is 4. The lowest BCUT2D eigenvalue weighted by Gasteiger charge is -2.31. The Hall–Kier alpha value is -3.78. The number of nitrogens with one attached hydrogen (secondary N) is 1. The van der Waals surface area contributed by atoms with Crippen LogP contribution in [0.15, 0.2) is 72.4 Å². The maximum Gasteiger partial charge on any atom is 0.132 e. The summed E-state index contributed by atoms with van der Waals surface area (Å²) >= 11 is 0. The largest absolute Gasteiger partial charge is 0.378 e. The van der Waals surface area contributed by atoms with Gasteiger partial charge in [0.05, 0.1) is 31.3 Å². The van der Waals surface area contributed by atoms with Crippen molar-refractivity contribution in [2.24, 2.45) is 5.10 Å². The Morgan fingerprint density at radius 3 is 2.75 bits per heavy atom. The van der Waals surface area contributed by atoms with Crippen molar-refractivity contribution in [3.8, 4) is 11.4 Å². The lowest BCUT2D eigenvalue weighted by atomic mass is 10.2. The molecular weight excluding hydrogens is 402 g/mol. The lowest BCUT2D eigenvalue weighted by molar-refractivity contribution is 0.0611. The maximum absolute atomic E-state index is 5.54. The van der Waals surface area contributed by atoms with Crippen molar-refractivity contribution in [2.75, 3.05) is 26.3 Å². The number of hydrogen-bond acceptors (Lipinski definition) is 7. The van der Waals surface area contributed by atoms with Gasteiger partial charge in [-0.15, -0.1) is 0 Å². The quantitative estimate of drug-likeness (QED) is 0.353. The molecule has 8 nitrogen and oxygen atoms in total. The topological polar surface area (TPSA) is 80.5 Å². The normalized spacial score (nSPS) is 14.7. The van der Waals surface area contributed by atoms with E-state index in [9.17, 15) is 0 Å². The van der Waals surface area contributed by atoms with Gasteiger partial charge in [0.25, 0.3) is 0 Å². The Morgan fingerprint density at radius 2 is 2.00 bits per heavy atom. The van der Waals surface area contributed by atoms with Crippen LogP contribution < -0.4 is 5.43 Å². The van der Waals surface area contributed by atoms with Gasteiger partial charge in [0.15, 0.2) is 0 Å². The molecule has 0 unspecified atom stereocenters. The van der Waals surface area contributed by atoms with Crippen LogP contribution in [0.5, 0.6) is 0 Å². The fraction of sp³-hybridized carbons (Fsp3) is 0.250. The number of hydrazone groups is 1. The molecule has 4 rings (SSSR count). The summed E-state index contributed by atoms with van der Waals surface area (Å²) in [6, 6.07) is 10.2. The monoisotopic (exact) mass is 429 g/mol. The molecule has 0 radical (unpaired) electrons. The molecule has 1 aromatic carbocycles. The van der Waals surface area contributed by atoms with Gasteiger partial charge < -0.3 is 9.64 Å². The third kappa shape index (κ3) is 5.28. The van der Waals surface area contributed by atoms with E-state index < -0.39 is 0 Å². The van der Waals surface area contributed by atoms with Gasteiger partial charge in [-0.1, -0.05) is 36.4 Å². The zero-order valence-electron chi connectivity index (χ0n) is 18.4. The molecule has 1 saturated heterocycles. The van der Waals surface area contributed by atoms with Crippen molar-refractivity contribution in [3.05, 3.63) is 84.1 Å². The van der Waals surface area contributed by atoms with E-state index in [2.05, 4.69) is 51.0 Å². The van der Waals surface area contributed by atoms with Gasteiger partial charge in [0, 0.05) is 37.3 Å². The zero-order valence-corrected chi connectivity index (χ0v) is 18.4. The number of benzene rings is 1.